The van der Waals surface area contributed by atoms with Crippen molar-refractivity contribution in [2.24, 2.45) is 0 Å². The van der Waals surface area contributed by atoms with Gasteiger partial charge in [-0.25, -0.2) is 4.39 Å². The summed E-state index contributed by atoms with van der Waals surface area (Å²) in [5, 5.41) is 9.79. The zero-order chi connectivity index (χ0) is 9.97. The van der Waals surface area contributed by atoms with Gasteiger partial charge in [0.2, 0.25) is 0 Å². The Kier molecular flexibility index (Phi) is 2.82. The van der Waals surface area contributed by atoms with E-state index in [1.807, 2.05) is 6.07 Å². The lowest BCUT2D eigenvalue weighted by atomic mass is 9.82. The van der Waals surface area contributed by atoms with E-state index in [1.54, 1.807) is 12.1 Å². The van der Waals surface area contributed by atoms with Crippen LogP contribution in [0, 0.1) is 5.82 Å². The SMILES string of the molecule is O[C@H]1CCCC[C@@H]1c1cccc(F)c1. The molecule has 0 heterocycles. The van der Waals surface area contributed by atoms with Gasteiger partial charge in [0.1, 0.15) is 5.82 Å². The first-order valence-electron chi connectivity index (χ1n) is 5.21. The van der Waals surface area contributed by atoms with E-state index in [9.17, 15) is 9.50 Å². The topological polar surface area (TPSA) is 20.2 Å². The van der Waals surface area contributed by atoms with Crippen molar-refractivity contribution in [2.45, 2.75) is 37.7 Å². The highest BCUT2D eigenvalue weighted by atomic mass is 19.1. The summed E-state index contributed by atoms with van der Waals surface area (Å²) in [5.74, 6) is -0.0697. The average Bonchev–Trinajstić information content (AvgIpc) is 2.18. The minimum atomic E-state index is -0.287. The van der Waals surface area contributed by atoms with Crippen molar-refractivity contribution in [3.05, 3.63) is 35.6 Å². The summed E-state index contributed by atoms with van der Waals surface area (Å²) >= 11 is 0. The van der Waals surface area contributed by atoms with E-state index in [1.165, 1.54) is 6.07 Å². The third-order valence-electron chi connectivity index (χ3n) is 3.01. The van der Waals surface area contributed by atoms with Crippen molar-refractivity contribution in [1.29, 1.82) is 0 Å². The molecule has 0 unspecified atom stereocenters. The first-order chi connectivity index (χ1) is 6.77. The Labute approximate surface area is 83.6 Å². The molecule has 0 radical (unpaired) electrons. The molecular weight excluding hydrogens is 179 g/mol. The molecule has 2 heteroatoms. The molecule has 76 valence electrons. The van der Waals surface area contributed by atoms with E-state index in [2.05, 4.69) is 0 Å². The second kappa shape index (κ2) is 4.09. The third kappa shape index (κ3) is 1.95. The Morgan fingerprint density at radius 1 is 1.21 bits per heavy atom. The molecule has 1 aliphatic carbocycles. The molecule has 0 saturated heterocycles. The van der Waals surface area contributed by atoms with E-state index in [4.69, 9.17) is 0 Å². The Balaban J connectivity index is 2.20. The molecule has 1 saturated carbocycles. The lowest BCUT2D eigenvalue weighted by Gasteiger charge is -2.27. The Morgan fingerprint density at radius 2 is 2.00 bits per heavy atom. The molecule has 1 aromatic carbocycles. The summed E-state index contributed by atoms with van der Waals surface area (Å²) in [6.45, 7) is 0. The van der Waals surface area contributed by atoms with Gasteiger partial charge in [0, 0.05) is 5.92 Å². The van der Waals surface area contributed by atoms with Crippen LogP contribution in [-0.2, 0) is 0 Å². The van der Waals surface area contributed by atoms with E-state index in [-0.39, 0.29) is 17.8 Å². The van der Waals surface area contributed by atoms with Gasteiger partial charge >= 0.3 is 0 Å². The number of hydrogen-bond acceptors (Lipinski definition) is 1. The van der Waals surface area contributed by atoms with Gasteiger partial charge in [-0.15, -0.1) is 0 Å². The fourth-order valence-corrected chi connectivity index (χ4v) is 2.24. The molecule has 0 aromatic heterocycles. The Hall–Kier alpha value is -0.890. The summed E-state index contributed by atoms with van der Waals surface area (Å²) in [6, 6.07) is 6.60. The van der Waals surface area contributed by atoms with E-state index in [0.29, 0.717) is 0 Å². The second-order valence-electron chi connectivity index (χ2n) is 4.01. The molecule has 0 aliphatic heterocycles. The van der Waals surface area contributed by atoms with Crippen molar-refractivity contribution < 1.29 is 9.50 Å². The van der Waals surface area contributed by atoms with Crippen LogP contribution in [-0.4, -0.2) is 11.2 Å². The van der Waals surface area contributed by atoms with Crippen LogP contribution in [0.15, 0.2) is 24.3 Å². The van der Waals surface area contributed by atoms with Gasteiger partial charge in [0.05, 0.1) is 6.10 Å². The molecule has 0 spiro atoms. The van der Waals surface area contributed by atoms with Gasteiger partial charge in [-0.05, 0) is 30.5 Å². The lowest BCUT2D eigenvalue weighted by Crippen LogP contribution is -2.22. The standard InChI is InChI=1S/C12H15FO/c13-10-5-3-4-9(8-10)11-6-1-2-7-12(11)14/h3-5,8,11-12,14H,1-2,6-7H2/t11-,12+/m1/s1. The highest BCUT2D eigenvalue weighted by Gasteiger charge is 2.24. The van der Waals surface area contributed by atoms with Crippen molar-refractivity contribution in [3.8, 4) is 0 Å². The van der Waals surface area contributed by atoms with Crippen molar-refractivity contribution >= 4 is 0 Å². The normalized spacial score (nSPS) is 27.6. The van der Waals surface area contributed by atoms with Crippen LogP contribution in [0.3, 0.4) is 0 Å². The second-order valence-corrected chi connectivity index (χ2v) is 4.01. The maximum atomic E-state index is 13.0. The first kappa shape index (κ1) is 9.66. The van der Waals surface area contributed by atoms with Crippen LogP contribution in [0.1, 0.15) is 37.2 Å². The zero-order valence-corrected chi connectivity index (χ0v) is 8.12. The summed E-state index contributed by atoms with van der Waals surface area (Å²) in [7, 11) is 0. The number of benzene rings is 1. The van der Waals surface area contributed by atoms with Gasteiger partial charge in [-0.1, -0.05) is 25.0 Å². The van der Waals surface area contributed by atoms with Crippen molar-refractivity contribution in [2.75, 3.05) is 0 Å². The predicted octanol–water partition coefficient (Wildman–Crippen LogP) is 2.84. The molecule has 1 aromatic rings. The highest BCUT2D eigenvalue weighted by Crippen LogP contribution is 2.33. The van der Waals surface area contributed by atoms with Gasteiger partial charge in [-0.2, -0.15) is 0 Å². The van der Waals surface area contributed by atoms with Crippen molar-refractivity contribution in [3.63, 3.8) is 0 Å². The molecule has 1 aliphatic rings. The van der Waals surface area contributed by atoms with Crippen LogP contribution < -0.4 is 0 Å². The van der Waals surface area contributed by atoms with Gasteiger partial charge in [0.15, 0.2) is 0 Å². The lowest BCUT2D eigenvalue weighted by molar-refractivity contribution is 0.106. The molecule has 2 rings (SSSR count). The molecule has 2 atom stereocenters. The minimum Gasteiger partial charge on any atom is -0.392 e. The van der Waals surface area contributed by atoms with E-state index < -0.39 is 0 Å². The van der Waals surface area contributed by atoms with Crippen LogP contribution >= 0.6 is 0 Å². The number of hydrogen-bond donors (Lipinski definition) is 1. The number of aliphatic hydroxyl groups excluding tert-OH is 1. The van der Waals surface area contributed by atoms with Gasteiger partial charge < -0.3 is 5.11 Å². The summed E-state index contributed by atoms with van der Waals surface area (Å²) < 4.78 is 13.0. The fraction of sp³-hybridized carbons (Fsp3) is 0.500. The van der Waals surface area contributed by atoms with Gasteiger partial charge in [0.25, 0.3) is 0 Å². The Bertz CT molecular complexity index is 311. The van der Waals surface area contributed by atoms with E-state index >= 15 is 0 Å². The summed E-state index contributed by atoms with van der Waals surface area (Å²) in [4.78, 5) is 0. The van der Waals surface area contributed by atoms with Crippen LogP contribution in [0.2, 0.25) is 0 Å². The zero-order valence-electron chi connectivity index (χ0n) is 8.12. The first-order valence-corrected chi connectivity index (χ1v) is 5.21. The molecular formula is C12H15FO. The average molecular weight is 194 g/mol. The van der Waals surface area contributed by atoms with Crippen molar-refractivity contribution in [1.82, 2.24) is 0 Å². The maximum Gasteiger partial charge on any atom is 0.123 e. The smallest absolute Gasteiger partial charge is 0.123 e. The Morgan fingerprint density at radius 3 is 2.71 bits per heavy atom. The molecule has 0 bridgehead atoms. The van der Waals surface area contributed by atoms with Crippen LogP contribution in [0.5, 0.6) is 0 Å². The maximum absolute atomic E-state index is 13.0. The quantitative estimate of drug-likeness (QED) is 0.728. The molecule has 1 fully saturated rings. The highest BCUT2D eigenvalue weighted by molar-refractivity contribution is 5.22. The fourth-order valence-electron chi connectivity index (χ4n) is 2.24. The van der Waals surface area contributed by atoms with Crippen LogP contribution in [0.25, 0.3) is 0 Å². The molecule has 1 N–H and O–H groups in total. The minimum absolute atomic E-state index is 0.138. The van der Waals surface area contributed by atoms with Gasteiger partial charge in [-0.3, -0.25) is 0 Å². The monoisotopic (exact) mass is 194 g/mol. The number of halogens is 1. The van der Waals surface area contributed by atoms with E-state index in [0.717, 1.165) is 31.2 Å². The molecule has 1 nitrogen and oxygen atoms in total. The number of rotatable bonds is 1. The summed E-state index contributed by atoms with van der Waals surface area (Å²) in [5.41, 5.74) is 0.942. The predicted molar refractivity (Wildman–Crippen MR) is 53.6 cm³/mol. The third-order valence-corrected chi connectivity index (χ3v) is 3.01. The number of aliphatic hydroxyl groups is 1. The van der Waals surface area contributed by atoms with Crippen LogP contribution in [0.4, 0.5) is 4.39 Å². The largest absolute Gasteiger partial charge is 0.392 e. The molecule has 14 heavy (non-hydrogen) atoms. The summed E-state index contributed by atoms with van der Waals surface area (Å²) in [6.07, 6.45) is 3.77. The molecule has 0 amide bonds.